The largest absolute Gasteiger partial charge is 0.480 e. The molecule has 98 valence electrons. The second-order valence-corrected chi connectivity index (χ2v) is 4.39. The average molecular weight is 250 g/mol. The topological polar surface area (TPSA) is 69.6 Å². The van der Waals surface area contributed by atoms with Crippen LogP contribution in [-0.4, -0.2) is 48.6 Å². The molecule has 0 unspecified atom stereocenters. The Labute approximate surface area is 106 Å². The molecular formula is C13H18N2O3. The monoisotopic (exact) mass is 250 g/mol. The summed E-state index contributed by atoms with van der Waals surface area (Å²) < 4.78 is 0. The van der Waals surface area contributed by atoms with E-state index in [0.717, 1.165) is 5.56 Å². The molecule has 1 rings (SSSR count). The Kier molecular flexibility index (Phi) is 5.32. The highest BCUT2D eigenvalue weighted by Gasteiger charge is 2.20. The minimum absolute atomic E-state index is 0.179. The van der Waals surface area contributed by atoms with E-state index in [-0.39, 0.29) is 18.9 Å². The molecule has 0 saturated heterocycles. The van der Waals surface area contributed by atoms with Crippen LogP contribution in [0.25, 0.3) is 0 Å². The van der Waals surface area contributed by atoms with E-state index < -0.39 is 12.0 Å². The van der Waals surface area contributed by atoms with Crippen molar-refractivity contribution in [3.63, 3.8) is 0 Å². The molecule has 0 bridgehead atoms. The van der Waals surface area contributed by atoms with Crippen LogP contribution in [0.1, 0.15) is 5.56 Å². The summed E-state index contributed by atoms with van der Waals surface area (Å²) in [6.45, 7) is 0.179. The van der Waals surface area contributed by atoms with Crippen molar-refractivity contribution in [2.24, 2.45) is 0 Å². The standard InChI is InChI=1S/C13H18N2O3/c1-15(2)9-12(16)14-11(13(17)18)8-10-6-4-3-5-7-10/h3-7,11H,8-9H2,1-2H3,(H,14,16)(H,17,18)/t11-/m1/s1. The third kappa shape index (κ3) is 4.97. The number of amides is 1. The summed E-state index contributed by atoms with van der Waals surface area (Å²) in [5.74, 6) is -1.31. The van der Waals surface area contributed by atoms with Gasteiger partial charge in [-0.3, -0.25) is 4.79 Å². The van der Waals surface area contributed by atoms with Gasteiger partial charge in [0.25, 0.3) is 0 Å². The number of nitrogens with one attached hydrogen (secondary N) is 1. The number of carbonyl (C=O) groups excluding carboxylic acids is 1. The smallest absolute Gasteiger partial charge is 0.326 e. The van der Waals surface area contributed by atoms with E-state index in [0.29, 0.717) is 0 Å². The van der Waals surface area contributed by atoms with Gasteiger partial charge in [-0.25, -0.2) is 4.79 Å². The molecule has 0 aliphatic rings. The fraction of sp³-hybridized carbons (Fsp3) is 0.385. The summed E-state index contributed by atoms with van der Waals surface area (Å²) in [5.41, 5.74) is 0.884. The van der Waals surface area contributed by atoms with Crippen LogP contribution < -0.4 is 5.32 Å². The summed E-state index contributed by atoms with van der Waals surface area (Å²) >= 11 is 0. The maximum atomic E-state index is 11.5. The molecule has 5 nitrogen and oxygen atoms in total. The number of rotatable bonds is 6. The average Bonchev–Trinajstić information content (AvgIpc) is 2.28. The van der Waals surface area contributed by atoms with Crippen LogP contribution in [0.2, 0.25) is 0 Å². The predicted octanol–water partition coefficient (Wildman–Crippen LogP) is 0.360. The van der Waals surface area contributed by atoms with Gasteiger partial charge in [-0.05, 0) is 19.7 Å². The van der Waals surface area contributed by atoms with Gasteiger partial charge in [0, 0.05) is 6.42 Å². The van der Waals surface area contributed by atoms with Gasteiger partial charge in [0.1, 0.15) is 6.04 Å². The highest BCUT2D eigenvalue weighted by Crippen LogP contribution is 2.03. The molecule has 5 heteroatoms. The van der Waals surface area contributed by atoms with Crippen LogP contribution in [0.3, 0.4) is 0 Å². The Bertz CT molecular complexity index is 404. The molecule has 1 atom stereocenters. The molecule has 0 aliphatic carbocycles. The lowest BCUT2D eigenvalue weighted by atomic mass is 10.1. The fourth-order valence-corrected chi connectivity index (χ4v) is 1.58. The van der Waals surface area contributed by atoms with Gasteiger partial charge in [-0.1, -0.05) is 30.3 Å². The van der Waals surface area contributed by atoms with Crippen molar-refractivity contribution in [2.75, 3.05) is 20.6 Å². The van der Waals surface area contributed by atoms with Crippen molar-refractivity contribution >= 4 is 11.9 Å². The molecule has 0 heterocycles. The Morgan fingerprint density at radius 2 is 1.89 bits per heavy atom. The maximum absolute atomic E-state index is 11.5. The lowest BCUT2D eigenvalue weighted by molar-refractivity contribution is -0.141. The Balaban J connectivity index is 2.61. The van der Waals surface area contributed by atoms with Crippen LogP contribution in [-0.2, 0) is 16.0 Å². The van der Waals surface area contributed by atoms with Crippen molar-refractivity contribution in [1.29, 1.82) is 0 Å². The van der Waals surface area contributed by atoms with Gasteiger partial charge in [-0.15, -0.1) is 0 Å². The van der Waals surface area contributed by atoms with Gasteiger partial charge in [0.15, 0.2) is 0 Å². The van der Waals surface area contributed by atoms with E-state index in [1.54, 1.807) is 19.0 Å². The van der Waals surface area contributed by atoms with Gasteiger partial charge in [-0.2, -0.15) is 0 Å². The van der Waals surface area contributed by atoms with Crippen LogP contribution in [0.4, 0.5) is 0 Å². The first-order valence-corrected chi connectivity index (χ1v) is 5.70. The lowest BCUT2D eigenvalue weighted by Gasteiger charge is -2.16. The van der Waals surface area contributed by atoms with Crippen LogP contribution in [0, 0.1) is 0 Å². The van der Waals surface area contributed by atoms with E-state index in [9.17, 15) is 9.59 Å². The molecular weight excluding hydrogens is 232 g/mol. The van der Waals surface area contributed by atoms with Crippen molar-refractivity contribution in [3.8, 4) is 0 Å². The molecule has 0 radical (unpaired) electrons. The van der Waals surface area contributed by atoms with Crippen LogP contribution in [0.5, 0.6) is 0 Å². The maximum Gasteiger partial charge on any atom is 0.326 e. The Hall–Kier alpha value is -1.88. The molecule has 2 N–H and O–H groups in total. The molecule has 0 aliphatic heterocycles. The number of hydrogen-bond acceptors (Lipinski definition) is 3. The molecule has 1 aromatic carbocycles. The van der Waals surface area contributed by atoms with Crippen molar-refractivity contribution in [3.05, 3.63) is 35.9 Å². The minimum Gasteiger partial charge on any atom is -0.480 e. The van der Waals surface area contributed by atoms with Gasteiger partial charge in [0.2, 0.25) is 5.91 Å². The molecule has 1 amide bonds. The van der Waals surface area contributed by atoms with Crippen LogP contribution >= 0.6 is 0 Å². The van der Waals surface area contributed by atoms with E-state index in [2.05, 4.69) is 5.32 Å². The molecule has 0 fully saturated rings. The number of aliphatic carboxylic acids is 1. The Morgan fingerprint density at radius 3 is 2.39 bits per heavy atom. The Morgan fingerprint density at radius 1 is 1.28 bits per heavy atom. The van der Waals surface area contributed by atoms with Crippen molar-refractivity contribution in [1.82, 2.24) is 10.2 Å². The van der Waals surface area contributed by atoms with E-state index in [1.165, 1.54) is 0 Å². The summed E-state index contributed by atoms with van der Waals surface area (Å²) in [7, 11) is 3.51. The third-order valence-corrected chi connectivity index (χ3v) is 2.38. The quantitative estimate of drug-likeness (QED) is 0.765. The summed E-state index contributed by atoms with van der Waals surface area (Å²) in [4.78, 5) is 24.3. The number of carbonyl (C=O) groups is 2. The molecule has 0 spiro atoms. The molecule has 18 heavy (non-hydrogen) atoms. The zero-order valence-corrected chi connectivity index (χ0v) is 10.6. The lowest BCUT2D eigenvalue weighted by Crippen LogP contribution is -2.45. The van der Waals surface area contributed by atoms with Crippen molar-refractivity contribution < 1.29 is 14.7 Å². The normalized spacial score (nSPS) is 12.2. The van der Waals surface area contributed by atoms with E-state index in [4.69, 9.17) is 5.11 Å². The molecule has 0 saturated carbocycles. The third-order valence-electron chi connectivity index (χ3n) is 2.38. The zero-order chi connectivity index (χ0) is 13.5. The first kappa shape index (κ1) is 14.2. The van der Waals surface area contributed by atoms with E-state index >= 15 is 0 Å². The highest BCUT2D eigenvalue weighted by atomic mass is 16.4. The van der Waals surface area contributed by atoms with Gasteiger partial charge < -0.3 is 15.3 Å². The molecule has 1 aromatic rings. The van der Waals surface area contributed by atoms with Gasteiger partial charge >= 0.3 is 5.97 Å². The number of carboxylic acids is 1. The number of likely N-dealkylation sites (N-methyl/N-ethyl adjacent to an activating group) is 1. The summed E-state index contributed by atoms with van der Waals surface area (Å²) in [6.07, 6.45) is 0.287. The molecule has 0 aromatic heterocycles. The van der Waals surface area contributed by atoms with Crippen LogP contribution in [0.15, 0.2) is 30.3 Å². The SMILES string of the molecule is CN(C)CC(=O)N[C@H](Cc1ccccc1)C(=O)O. The number of hydrogen-bond donors (Lipinski definition) is 2. The zero-order valence-electron chi connectivity index (χ0n) is 10.6. The first-order chi connectivity index (χ1) is 8.49. The first-order valence-electron chi connectivity index (χ1n) is 5.70. The minimum atomic E-state index is -1.02. The van der Waals surface area contributed by atoms with E-state index in [1.807, 2.05) is 30.3 Å². The van der Waals surface area contributed by atoms with Crippen molar-refractivity contribution in [2.45, 2.75) is 12.5 Å². The predicted molar refractivity (Wildman–Crippen MR) is 68.3 cm³/mol. The fourth-order valence-electron chi connectivity index (χ4n) is 1.58. The number of benzene rings is 1. The summed E-state index contributed by atoms with van der Waals surface area (Å²) in [5, 5.41) is 11.6. The van der Waals surface area contributed by atoms with Gasteiger partial charge in [0.05, 0.1) is 6.54 Å². The second kappa shape index (κ2) is 6.76. The number of nitrogens with zero attached hydrogens (tertiary/aromatic N) is 1. The summed E-state index contributed by atoms with van der Waals surface area (Å²) in [6, 6.07) is 8.34. The number of carboxylic acid groups (broad SMARTS) is 1. The second-order valence-electron chi connectivity index (χ2n) is 4.39. The highest BCUT2D eigenvalue weighted by molar-refractivity contribution is 5.84.